The lowest BCUT2D eigenvalue weighted by Gasteiger charge is -2.19. The number of thioether (sulfide) groups is 1. The number of rotatable bonds is 5. The summed E-state index contributed by atoms with van der Waals surface area (Å²) in [5, 5.41) is 8.94. The van der Waals surface area contributed by atoms with Gasteiger partial charge in [0, 0.05) is 16.2 Å². The molecule has 16 heavy (non-hydrogen) atoms. The number of halogens is 2. The first kappa shape index (κ1) is 13.4. The van der Waals surface area contributed by atoms with Gasteiger partial charge in [0.15, 0.2) is 11.6 Å². The third-order valence-electron chi connectivity index (χ3n) is 2.31. The van der Waals surface area contributed by atoms with Gasteiger partial charge in [0.25, 0.3) is 0 Å². The first-order chi connectivity index (χ1) is 7.58. The molecule has 1 rings (SSSR count). The smallest absolute Gasteiger partial charge is 0.159 e. The van der Waals surface area contributed by atoms with E-state index in [0.717, 1.165) is 18.6 Å². The normalized spacial score (nSPS) is 14.8. The van der Waals surface area contributed by atoms with E-state index < -0.39 is 11.6 Å². The lowest BCUT2D eigenvalue weighted by atomic mass is 10.2. The van der Waals surface area contributed by atoms with Gasteiger partial charge in [-0.25, -0.2) is 8.78 Å². The highest BCUT2D eigenvalue weighted by atomic mass is 32.2. The van der Waals surface area contributed by atoms with Gasteiger partial charge in [0.1, 0.15) is 0 Å². The van der Waals surface area contributed by atoms with Crippen LogP contribution in [-0.2, 0) is 0 Å². The fourth-order valence-corrected chi connectivity index (χ4v) is 2.36. The largest absolute Gasteiger partial charge is 0.395 e. The quantitative estimate of drug-likeness (QED) is 0.784. The van der Waals surface area contributed by atoms with E-state index in [9.17, 15) is 8.78 Å². The monoisotopic (exact) mass is 247 g/mol. The number of aliphatic hydroxyl groups excluding tert-OH is 1. The number of benzene rings is 1. The van der Waals surface area contributed by atoms with Crippen molar-refractivity contribution in [2.45, 2.75) is 29.5 Å². The lowest BCUT2D eigenvalue weighted by molar-refractivity contribution is 0.281. The van der Waals surface area contributed by atoms with Crippen LogP contribution in [0, 0.1) is 11.6 Å². The topological polar surface area (TPSA) is 46.2 Å². The Kier molecular flexibility index (Phi) is 5.18. The third kappa shape index (κ3) is 3.43. The Morgan fingerprint density at radius 3 is 2.56 bits per heavy atom. The Hall–Kier alpha value is -0.650. The molecule has 0 saturated heterocycles. The minimum absolute atomic E-state index is 0.0847. The van der Waals surface area contributed by atoms with Crippen LogP contribution in [0.4, 0.5) is 8.78 Å². The summed E-state index contributed by atoms with van der Waals surface area (Å²) >= 11 is 1.26. The van der Waals surface area contributed by atoms with E-state index in [1.54, 1.807) is 0 Å². The predicted molar refractivity (Wildman–Crippen MR) is 61.4 cm³/mol. The number of hydrogen-bond acceptors (Lipinski definition) is 3. The van der Waals surface area contributed by atoms with E-state index in [4.69, 9.17) is 10.8 Å². The zero-order chi connectivity index (χ0) is 12.1. The molecular formula is C11H15F2NOS. The summed E-state index contributed by atoms with van der Waals surface area (Å²) < 4.78 is 25.6. The van der Waals surface area contributed by atoms with Crippen LogP contribution in [0.25, 0.3) is 0 Å². The number of aliphatic hydroxyl groups is 1. The molecule has 0 radical (unpaired) electrons. The Labute approximate surface area is 97.8 Å². The van der Waals surface area contributed by atoms with Crippen LogP contribution in [-0.4, -0.2) is 23.0 Å². The molecule has 0 spiro atoms. The van der Waals surface area contributed by atoms with Gasteiger partial charge in [-0.1, -0.05) is 6.92 Å². The van der Waals surface area contributed by atoms with Crippen molar-refractivity contribution in [1.82, 2.24) is 0 Å². The van der Waals surface area contributed by atoms with Gasteiger partial charge in [-0.2, -0.15) is 0 Å². The van der Waals surface area contributed by atoms with Crippen LogP contribution < -0.4 is 5.73 Å². The number of hydrogen-bond donors (Lipinski definition) is 2. The summed E-state index contributed by atoms with van der Waals surface area (Å²) in [5.41, 5.74) is 5.79. The Balaban J connectivity index is 2.74. The molecule has 5 heteroatoms. The highest BCUT2D eigenvalue weighted by molar-refractivity contribution is 8.00. The fourth-order valence-electron chi connectivity index (χ4n) is 1.25. The molecule has 0 aromatic heterocycles. The van der Waals surface area contributed by atoms with Gasteiger partial charge in [-0.15, -0.1) is 11.8 Å². The minimum atomic E-state index is -0.883. The summed E-state index contributed by atoms with van der Waals surface area (Å²) in [5.74, 6) is -1.75. The van der Waals surface area contributed by atoms with Crippen LogP contribution in [0.1, 0.15) is 13.3 Å². The molecule has 0 amide bonds. The van der Waals surface area contributed by atoms with E-state index in [2.05, 4.69) is 0 Å². The van der Waals surface area contributed by atoms with E-state index in [1.807, 2.05) is 6.92 Å². The zero-order valence-electron chi connectivity index (χ0n) is 8.99. The van der Waals surface area contributed by atoms with Crippen LogP contribution in [0.3, 0.4) is 0 Å². The minimum Gasteiger partial charge on any atom is -0.395 e. The van der Waals surface area contributed by atoms with Crippen molar-refractivity contribution in [2.75, 3.05) is 6.61 Å². The van der Waals surface area contributed by atoms with Gasteiger partial charge in [-0.05, 0) is 24.6 Å². The van der Waals surface area contributed by atoms with Gasteiger partial charge in [-0.3, -0.25) is 0 Å². The summed E-state index contributed by atoms with van der Waals surface area (Å²) in [6.45, 7) is 1.83. The predicted octanol–water partition coefficient (Wildman–Crippen LogP) is 2.16. The van der Waals surface area contributed by atoms with Crippen molar-refractivity contribution < 1.29 is 13.9 Å². The highest BCUT2D eigenvalue weighted by Gasteiger charge is 2.17. The molecule has 0 bridgehead atoms. The molecule has 0 aliphatic rings. The van der Waals surface area contributed by atoms with Crippen LogP contribution in [0.15, 0.2) is 23.1 Å². The molecule has 2 atom stereocenters. The van der Waals surface area contributed by atoms with Crippen LogP contribution in [0.2, 0.25) is 0 Å². The van der Waals surface area contributed by atoms with E-state index >= 15 is 0 Å². The second kappa shape index (κ2) is 6.18. The fraction of sp³-hybridized carbons (Fsp3) is 0.455. The third-order valence-corrected chi connectivity index (χ3v) is 3.63. The Morgan fingerprint density at radius 1 is 1.38 bits per heavy atom. The maximum atomic E-state index is 12.9. The van der Waals surface area contributed by atoms with Crippen LogP contribution >= 0.6 is 11.8 Å². The molecule has 90 valence electrons. The van der Waals surface area contributed by atoms with E-state index in [-0.39, 0.29) is 17.9 Å². The maximum absolute atomic E-state index is 12.9. The van der Waals surface area contributed by atoms with Gasteiger partial charge in [0.05, 0.1) is 6.61 Å². The molecule has 2 nitrogen and oxygen atoms in total. The summed E-state index contributed by atoms with van der Waals surface area (Å²) in [7, 11) is 0. The second-order valence-corrected chi connectivity index (χ2v) is 4.80. The molecule has 2 unspecified atom stereocenters. The van der Waals surface area contributed by atoms with Crippen molar-refractivity contribution in [1.29, 1.82) is 0 Å². The molecule has 0 heterocycles. The van der Waals surface area contributed by atoms with Crippen molar-refractivity contribution in [2.24, 2.45) is 5.73 Å². The summed E-state index contributed by atoms with van der Waals surface area (Å²) in [6, 6.07) is 3.51. The second-order valence-electron chi connectivity index (χ2n) is 3.49. The average molecular weight is 247 g/mol. The highest BCUT2D eigenvalue weighted by Crippen LogP contribution is 2.26. The SMILES string of the molecule is CCC(N)C(CO)Sc1ccc(F)c(F)c1. The van der Waals surface area contributed by atoms with E-state index in [0.29, 0.717) is 4.90 Å². The molecule has 0 aliphatic carbocycles. The Morgan fingerprint density at radius 2 is 2.06 bits per heavy atom. The van der Waals surface area contributed by atoms with Crippen molar-refractivity contribution in [3.63, 3.8) is 0 Å². The zero-order valence-corrected chi connectivity index (χ0v) is 9.81. The first-order valence-electron chi connectivity index (χ1n) is 5.06. The molecule has 0 aliphatic heterocycles. The Bertz CT molecular complexity index is 349. The first-order valence-corrected chi connectivity index (χ1v) is 5.94. The molecular weight excluding hydrogens is 232 g/mol. The standard InChI is InChI=1S/C11H15F2NOS/c1-2-10(14)11(6-15)16-7-3-4-8(12)9(13)5-7/h3-5,10-11,15H,2,6,14H2,1H3. The van der Waals surface area contributed by atoms with E-state index in [1.165, 1.54) is 17.8 Å². The van der Waals surface area contributed by atoms with Crippen molar-refractivity contribution in [3.05, 3.63) is 29.8 Å². The summed E-state index contributed by atoms with van der Waals surface area (Å²) in [4.78, 5) is 0.571. The van der Waals surface area contributed by atoms with Gasteiger partial charge < -0.3 is 10.8 Å². The molecule has 3 N–H and O–H groups in total. The molecule has 1 aromatic rings. The lowest BCUT2D eigenvalue weighted by Crippen LogP contribution is -2.34. The summed E-state index contributed by atoms with van der Waals surface area (Å²) in [6.07, 6.45) is 0.724. The number of nitrogens with two attached hydrogens (primary N) is 1. The molecule has 0 fully saturated rings. The molecule has 1 aromatic carbocycles. The van der Waals surface area contributed by atoms with Crippen molar-refractivity contribution >= 4 is 11.8 Å². The van der Waals surface area contributed by atoms with Crippen molar-refractivity contribution in [3.8, 4) is 0 Å². The average Bonchev–Trinajstić information content (AvgIpc) is 2.29. The van der Waals surface area contributed by atoms with Gasteiger partial charge in [0.2, 0.25) is 0 Å². The molecule has 0 saturated carbocycles. The van der Waals surface area contributed by atoms with Gasteiger partial charge >= 0.3 is 0 Å². The van der Waals surface area contributed by atoms with Crippen LogP contribution in [0.5, 0.6) is 0 Å². The maximum Gasteiger partial charge on any atom is 0.159 e.